The number of rotatable bonds is 8. The van der Waals surface area contributed by atoms with E-state index in [-0.39, 0.29) is 43.9 Å². The molecule has 0 rings (SSSR count). The van der Waals surface area contributed by atoms with E-state index in [0.717, 1.165) is 4.90 Å². The highest BCUT2D eigenvalue weighted by Gasteiger charge is 2.17. The van der Waals surface area contributed by atoms with Gasteiger partial charge in [-0.1, -0.05) is 0 Å². The second-order valence-electron chi connectivity index (χ2n) is 3.74. The van der Waals surface area contributed by atoms with Gasteiger partial charge in [0.25, 0.3) is 6.43 Å². The van der Waals surface area contributed by atoms with E-state index in [1.807, 2.05) is 0 Å². The van der Waals surface area contributed by atoms with Gasteiger partial charge in [0.1, 0.15) is 0 Å². The Kier molecular flexibility index (Phi) is 11.9. The van der Waals surface area contributed by atoms with Crippen LogP contribution in [0.3, 0.4) is 0 Å². The van der Waals surface area contributed by atoms with Gasteiger partial charge in [-0.3, -0.25) is 4.79 Å². The van der Waals surface area contributed by atoms with Gasteiger partial charge in [-0.25, -0.2) is 8.78 Å². The Morgan fingerprint density at radius 3 is 2.47 bits per heavy atom. The molecular weight excluding hydrogens is 254 g/mol. The number of methoxy groups -OCH3 is 1. The predicted octanol–water partition coefficient (Wildman–Crippen LogP) is 1.28. The first-order chi connectivity index (χ1) is 7.47. The van der Waals surface area contributed by atoms with E-state index in [1.165, 1.54) is 7.11 Å². The molecule has 0 aromatic rings. The molecule has 0 spiro atoms. The van der Waals surface area contributed by atoms with Crippen molar-refractivity contribution in [2.24, 2.45) is 5.73 Å². The maximum atomic E-state index is 12.2. The van der Waals surface area contributed by atoms with Crippen molar-refractivity contribution in [2.45, 2.75) is 32.2 Å². The third kappa shape index (κ3) is 10.4. The van der Waals surface area contributed by atoms with Crippen molar-refractivity contribution < 1.29 is 18.3 Å². The minimum Gasteiger partial charge on any atom is -0.383 e. The fraction of sp³-hybridized carbons (Fsp3) is 0.900. The normalized spacial score (nSPS) is 12.1. The third-order valence-corrected chi connectivity index (χ3v) is 2.09. The van der Waals surface area contributed by atoms with Crippen molar-refractivity contribution >= 4 is 18.3 Å². The number of alkyl halides is 2. The molecule has 1 amide bonds. The molecule has 0 aliphatic heterocycles. The van der Waals surface area contributed by atoms with Gasteiger partial charge in [-0.05, 0) is 13.3 Å². The molecule has 0 fully saturated rings. The van der Waals surface area contributed by atoms with Gasteiger partial charge >= 0.3 is 0 Å². The molecule has 0 aliphatic carbocycles. The second kappa shape index (κ2) is 10.7. The Morgan fingerprint density at radius 2 is 2.06 bits per heavy atom. The van der Waals surface area contributed by atoms with Crippen LogP contribution in [0.1, 0.15) is 19.8 Å². The molecule has 0 aromatic carbocycles. The molecule has 0 saturated heterocycles. The highest BCUT2D eigenvalue weighted by atomic mass is 35.5. The molecule has 17 heavy (non-hydrogen) atoms. The molecule has 1 atom stereocenters. The summed E-state index contributed by atoms with van der Waals surface area (Å²) in [4.78, 5) is 12.7. The molecule has 4 nitrogen and oxygen atoms in total. The van der Waals surface area contributed by atoms with Crippen LogP contribution in [0.25, 0.3) is 0 Å². The minimum absolute atomic E-state index is 0. The zero-order valence-corrected chi connectivity index (χ0v) is 11.0. The lowest BCUT2D eigenvalue weighted by Crippen LogP contribution is -2.38. The Labute approximate surface area is 107 Å². The van der Waals surface area contributed by atoms with Gasteiger partial charge in [0.2, 0.25) is 5.91 Å². The van der Waals surface area contributed by atoms with Crippen LogP contribution < -0.4 is 5.73 Å². The van der Waals surface area contributed by atoms with Crippen LogP contribution in [0.4, 0.5) is 8.78 Å². The van der Waals surface area contributed by atoms with Crippen molar-refractivity contribution in [3.05, 3.63) is 0 Å². The maximum Gasteiger partial charge on any atom is 0.255 e. The van der Waals surface area contributed by atoms with Gasteiger partial charge in [0.15, 0.2) is 0 Å². The van der Waals surface area contributed by atoms with Crippen molar-refractivity contribution in [3.63, 3.8) is 0 Å². The summed E-state index contributed by atoms with van der Waals surface area (Å²) in [6.07, 6.45) is -1.81. The van der Waals surface area contributed by atoms with Crippen LogP contribution in [-0.4, -0.2) is 50.1 Å². The van der Waals surface area contributed by atoms with Crippen LogP contribution in [0.2, 0.25) is 0 Å². The van der Waals surface area contributed by atoms with E-state index in [9.17, 15) is 13.6 Å². The zero-order chi connectivity index (χ0) is 12.6. The topological polar surface area (TPSA) is 55.6 Å². The molecule has 2 N–H and O–H groups in total. The first-order valence-corrected chi connectivity index (χ1v) is 5.27. The molecule has 0 radical (unpaired) electrons. The SMILES string of the molecule is COCCN(CC(F)F)C(=O)CCC(C)N.Cl. The first-order valence-electron chi connectivity index (χ1n) is 5.27. The van der Waals surface area contributed by atoms with Gasteiger partial charge in [0.05, 0.1) is 13.2 Å². The summed E-state index contributed by atoms with van der Waals surface area (Å²) in [6.45, 7) is 1.69. The maximum absolute atomic E-state index is 12.2. The lowest BCUT2D eigenvalue weighted by Gasteiger charge is -2.22. The molecule has 0 heterocycles. The van der Waals surface area contributed by atoms with Gasteiger partial charge in [-0.15, -0.1) is 12.4 Å². The molecule has 104 valence electrons. The summed E-state index contributed by atoms with van der Waals surface area (Å²) in [5.41, 5.74) is 5.50. The van der Waals surface area contributed by atoms with Gasteiger partial charge in [-0.2, -0.15) is 0 Å². The number of carbonyl (C=O) groups is 1. The molecule has 0 aromatic heterocycles. The summed E-state index contributed by atoms with van der Waals surface area (Å²) in [6, 6.07) is -0.0974. The molecule has 1 unspecified atom stereocenters. The van der Waals surface area contributed by atoms with E-state index >= 15 is 0 Å². The Balaban J connectivity index is 0. The zero-order valence-electron chi connectivity index (χ0n) is 10.2. The lowest BCUT2D eigenvalue weighted by molar-refractivity contribution is -0.134. The number of amides is 1. The molecule has 0 bridgehead atoms. The molecule has 7 heteroatoms. The number of hydrogen-bond acceptors (Lipinski definition) is 3. The lowest BCUT2D eigenvalue weighted by atomic mass is 10.2. The van der Waals surface area contributed by atoms with Gasteiger partial charge in [0, 0.05) is 26.1 Å². The van der Waals surface area contributed by atoms with Crippen LogP contribution in [0.5, 0.6) is 0 Å². The summed E-state index contributed by atoms with van der Waals surface area (Å²) < 4.78 is 29.2. The smallest absolute Gasteiger partial charge is 0.255 e. The number of halogens is 3. The standard InChI is InChI=1S/C10H20F2N2O2.ClH/c1-8(13)3-4-10(15)14(5-6-16-2)7-9(11)12;/h8-9H,3-7,13H2,1-2H3;1H. The number of nitrogens with two attached hydrogens (primary N) is 1. The van der Waals surface area contributed by atoms with Crippen molar-refractivity contribution in [1.82, 2.24) is 4.90 Å². The number of carbonyl (C=O) groups excluding carboxylic acids is 1. The van der Waals surface area contributed by atoms with E-state index in [2.05, 4.69) is 0 Å². The quantitative estimate of drug-likeness (QED) is 0.725. The second-order valence-corrected chi connectivity index (χ2v) is 3.74. The predicted molar refractivity (Wildman–Crippen MR) is 64.6 cm³/mol. The summed E-state index contributed by atoms with van der Waals surface area (Å²) in [7, 11) is 1.47. The van der Waals surface area contributed by atoms with Crippen LogP contribution >= 0.6 is 12.4 Å². The highest BCUT2D eigenvalue weighted by molar-refractivity contribution is 5.85. The van der Waals surface area contributed by atoms with Crippen molar-refractivity contribution in [1.29, 1.82) is 0 Å². The van der Waals surface area contributed by atoms with Gasteiger partial charge < -0.3 is 15.4 Å². The van der Waals surface area contributed by atoms with Crippen molar-refractivity contribution in [3.8, 4) is 0 Å². The third-order valence-electron chi connectivity index (χ3n) is 2.09. The minimum atomic E-state index is -2.52. The average Bonchev–Trinajstić information content (AvgIpc) is 2.20. The van der Waals surface area contributed by atoms with Crippen LogP contribution in [0, 0.1) is 0 Å². The Bertz CT molecular complexity index is 207. The molecule has 0 aliphatic rings. The highest BCUT2D eigenvalue weighted by Crippen LogP contribution is 2.04. The summed E-state index contributed by atoms with van der Waals surface area (Å²) in [5.74, 6) is -0.297. The van der Waals surface area contributed by atoms with Crippen LogP contribution in [-0.2, 0) is 9.53 Å². The monoisotopic (exact) mass is 274 g/mol. The number of ether oxygens (including phenoxy) is 1. The van der Waals surface area contributed by atoms with E-state index < -0.39 is 13.0 Å². The van der Waals surface area contributed by atoms with E-state index in [1.54, 1.807) is 6.92 Å². The Morgan fingerprint density at radius 1 is 1.47 bits per heavy atom. The summed E-state index contributed by atoms with van der Waals surface area (Å²) in [5, 5.41) is 0. The fourth-order valence-electron chi connectivity index (χ4n) is 1.20. The van der Waals surface area contributed by atoms with Crippen LogP contribution in [0.15, 0.2) is 0 Å². The molecule has 0 saturated carbocycles. The largest absolute Gasteiger partial charge is 0.383 e. The average molecular weight is 275 g/mol. The first kappa shape index (κ1) is 18.9. The Hall–Kier alpha value is -0.460. The van der Waals surface area contributed by atoms with E-state index in [4.69, 9.17) is 10.5 Å². The van der Waals surface area contributed by atoms with E-state index in [0.29, 0.717) is 6.42 Å². The summed E-state index contributed by atoms with van der Waals surface area (Å²) >= 11 is 0. The number of nitrogens with zero attached hydrogens (tertiary/aromatic N) is 1. The fourth-order valence-corrected chi connectivity index (χ4v) is 1.20. The molecular formula is C10H21ClF2N2O2. The number of hydrogen-bond donors (Lipinski definition) is 1. The van der Waals surface area contributed by atoms with Crippen molar-refractivity contribution in [2.75, 3.05) is 26.8 Å².